The number of hydrogen-bond donors (Lipinski definition) is 1. The number of carbonyl (C=O) groups excluding carboxylic acids is 2. The van der Waals surface area contributed by atoms with Gasteiger partial charge in [-0.15, -0.1) is 0 Å². The van der Waals surface area contributed by atoms with Crippen molar-refractivity contribution in [2.75, 3.05) is 18.4 Å². The van der Waals surface area contributed by atoms with Gasteiger partial charge in [-0.25, -0.2) is 0 Å². The number of para-hydroxylation sites is 1. The normalized spacial score (nSPS) is 17.9. The molecule has 0 bridgehead atoms. The number of piperidine rings is 1. The van der Waals surface area contributed by atoms with Gasteiger partial charge in [-0.3, -0.25) is 9.59 Å². The first-order valence-electron chi connectivity index (χ1n) is 7.17. The van der Waals surface area contributed by atoms with Crippen molar-refractivity contribution in [2.24, 2.45) is 5.92 Å². The van der Waals surface area contributed by atoms with Crippen LogP contribution in [0.1, 0.15) is 31.7 Å². The summed E-state index contributed by atoms with van der Waals surface area (Å²) in [7, 11) is 0. The summed E-state index contributed by atoms with van der Waals surface area (Å²) >= 11 is 0. The Labute approximate surface area is 124 Å². The van der Waals surface area contributed by atoms with Gasteiger partial charge in [0.2, 0.25) is 11.8 Å². The van der Waals surface area contributed by atoms with Crippen molar-refractivity contribution in [2.45, 2.75) is 26.2 Å². The molecule has 5 nitrogen and oxygen atoms in total. The Hall–Kier alpha value is -2.35. The molecule has 1 atom stereocenters. The molecule has 1 heterocycles. The zero-order chi connectivity index (χ0) is 15.2. The Balaban J connectivity index is 1.92. The molecule has 21 heavy (non-hydrogen) atoms. The quantitative estimate of drug-likeness (QED) is 0.865. The molecule has 1 saturated heterocycles. The number of nitrogens with one attached hydrogen (secondary N) is 1. The Kier molecular flexibility index (Phi) is 4.94. The molecule has 0 radical (unpaired) electrons. The van der Waals surface area contributed by atoms with Crippen LogP contribution in [0.2, 0.25) is 0 Å². The Morgan fingerprint density at radius 3 is 2.90 bits per heavy atom. The summed E-state index contributed by atoms with van der Waals surface area (Å²) in [6.45, 7) is 3.56. The molecule has 1 aromatic carbocycles. The van der Waals surface area contributed by atoms with Crippen LogP contribution in [0, 0.1) is 17.2 Å². The summed E-state index contributed by atoms with van der Waals surface area (Å²) in [5.41, 5.74) is 0.842. The Morgan fingerprint density at radius 1 is 1.43 bits per heavy atom. The van der Waals surface area contributed by atoms with Crippen LogP contribution in [0.5, 0.6) is 0 Å². The van der Waals surface area contributed by atoms with E-state index >= 15 is 0 Å². The lowest BCUT2D eigenvalue weighted by Crippen LogP contribution is -2.40. The van der Waals surface area contributed by atoms with Crippen LogP contribution in [0.3, 0.4) is 0 Å². The molecule has 0 aromatic heterocycles. The van der Waals surface area contributed by atoms with Crippen LogP contribution in [0.4, 0.5) is 5.69 Å². The second-order valence-electron chi connectivity index (χ2n) is 5.47. The molecule has 1 fully saturated rings. The fourth-order valence-corrected chi connectivity index (χ4v) is 2.55. The van der Waals surface area contributed by atoms with Crippen molar-refractivity contribution < 1.29 is 9.59 Å². The average Bonchev–Trinajstić information content (AvgIpc) is 2.47. The van der Waals surface area contributed by atoms with Gasteiger partial charge in [0, 0.05) is 13.1 Å². The van der Waals surface area contributed by atoms with Crippen LogP contribution < -0.4 is 5.32 Å². The highest BCUT2D eigenvalue weighted by Crippen LogP contribution is 2.17. The lowest BCUT2D eigenvalue weighted by molar-refractivity contribution is -0.136. The van der Waals surface area contributed by atoms with Crippen molar-refractivity contribution in [3.8, 4) is 6.07 Å². The SMILES string of the molecule is CC1CCCN(C(=O)CC(=O)Nc2ccccc2C#N)C1. The molecule has 1 aromatic rings. The van der Waals surface area contributed by atoms with E-state index in [9.17, 15) is 9.59 Å². The number of amides is 2. The molecule has 1 N–H and O–H groups in total. The zero-order valence-electron chi connectivity index (χ0n) is 12.1. The first-order chi connectivity index (χ1) is 10.1. The first kappa shape index (κ1) is 15.0. The molecule has 110 valence electrons. The highest BCUT2D eigenvalue weighted by molar-refractivity contribution is 6.04. The van der Waals surface area contributed by atoms with Gasteiger partial charge in [0.1, 0.15) is 12.5 Å². The second-order valence-corrected chi connectivity index (χ2v) is 5.47. The van der Waals surface area contributed by atoms with E-state index in [1.807, 2.05) is 6.07 Å². The molecular formula is C16H19N3O2. The van der Waals surface area contributed by atoms with Gasteiger partial charge in [0.15, 0.2) is 0 Å². The topological polar surface area (TPSA) is 73.2 Å². The number of carbonyl (C=O) groups is 2. The maximum Gasteiger partial charge on any atom is 0.233 e. The Morgan fingerprint density at radius 2 is 2.19 bits per heavy atom. The maximum atomic E-state index is 12.1. The van der Waals surface area contributed by atoms with E-state index in [1.165, 1.54) is 0 Å². The van der Waals surface area contributed by atoms with E-state index < -0.39 is 0 Å². The van der Waals surface area contributed by atoms with E-state index in [0.29, 0.717) is 17.2 Å². The third-order valence-corrected chi connectivity index (χ3v) is 3.64. The number of benzene rings is 1. The van der Waals surface area contributed by atoms with Crippen LogP contribution in [0.15, 0.2) is 24.3 Å². The van der Waals surface area contributed by atoms with Crippen molar-refractivity contribution in [1.29, 1.82) is 5.26 Å². The summed E-state index contributed by atoms with van der Waals surface area (Å²) in [5, 5.41) is 11.6. The largest absolute Gasteiger partial charge is 0.342 e. The standard InChI is InChI=1S/C16H19N3O2/c1-12-5-4-8-19(11-12)16(21)9-15(20)18-14-7-3-2-6-13(14)10-17/h2-3,6-7,12H,4-5,8-9,11H2,1H3,(H,18,20). The van der Waals surface area contributed by atoms with Crippen molar-refractivity contribution in [3.05, 3.63) is 29.8 Å². The van der Waals surface area contributed by atoms with Crippen LogP contribution in [-0.4, -0.2) is 29.8 Å². The lowest BCUT2D eigenvalue weighted by atomic mass is 10.00. The molecule has 1 unspecified atom stereocenters. The molecule has 2 rings (SSSR count). The monoisotopic (exact) mass is 285 g/mol. The van der Waals surface area contributed by atoms with Crippen LogP contribution in [-0.2, 0) is 9.59 Å². The maximum absolute atomic E-state index is 12.1. The van der Waals surface area contributed by atoms with Gasteiger partial charge in [0.05, 0.1) is 11.3 Å². The fourth-order valence-electron chi connectivity index (χ4n) is 2.55. The van der Waals surface area contributed by atoms with Gasteiger partial charge in [-0.1, -0.05) is 19.1 Å². The van der Waals surface area contributed by atoms with Gasteiger partial charge in [-0.05, 0) is 30.9 Å². The molecule has 0 saturated carbocycles. The number of nitrogens with zero attached hydrogens (tertiary/aromatic N) is 2. The Bertz CT molecular complexity index is 577. The van der Waals surface area contributed by atoms with Gasteiger partial charge < -0.3 is 10.2 Å². The third kappa shape index (κ3) is 4.06. The lowest BCUT2D eigenvalue weighted by Gasteiger charge is -2.30. The molecular weight excluding hydrogens is 266 g/mol. The molecule has 5 heteroatoms. The van der Waals surface area contributed by atoms with E-state index in [2.05, 4.69) is 12.2 Å². The zero-order valence-corrected chi connectivity index (χ0v) is 12.1. The molecule has 1 aliphatic rings. The number of hydrogen-bond acceptors (Lipinski definition) is 3. The molecule has 0 aliphatic carbocycles. The highest BCUT2D eigenvalue weighted by Gasteiger charge is 2.22. The second kappa shape index (κ2) is 6.89. The first-order valence-corrected chi connectivity index (χ1v) is 7.17. The van der Waals surface area contributed by atoms with E-state index in [-0.39, 0.29) is 18.2 Å². The molecule has 2 amide bonds. The minimum absolute atomic E-state index is 0.145. The summed E-state index contributed by atoms with van der Waals surface area (Å²) in [6, 6.07) is 8.77. The van der Waals surface area contributed by atoms with Crippen LogP contribution >= 0.6 is 0 Å². The van der Waals surface area contributed by atoms with Crippen molar-refractivity contribution in [1.82, 2.24) is 4.90 Å². The van der Waals surface area contributed by atoms with Crippen molar-refractivity contribution >= 4 is 17.5 Å². The molecule has 1 aliphatic heterocycles. The molecule has 0 spiro atoms. The predicted octanol–water partition coefficient (Wildman–Crippen LogP) is 2.15. The fraction of sp³-hybridized carbons (Fsp3) is 0.438. The average molecular weight is 285 g/mol. The highest BCUT2D eigenvalue weighted by atomic mass is 16.2. The summed E-state index contributed by atoms with van der Waals surface area (Å²) < 4.78 is 0. The van der Waals surface area contributed by atoms with Gasteiger partial charge in [-0.2, -0.15) is 5.26 Å². The number of likely N-dealkylation sites (tertiary alicyclic amines) is 1. The number of anilines is 1. The summed E-state index contributed by atoms with van der Waals surface area (Å²) in [5.74, 6) is -0.0282. The minimum Gasteiger partial charge on any atom is -0.342 e. The predicted molar refractivity (Wildman–Crippen MR) is 79.4 cm³/mol. The summed E-state index contributed by atoms with van der Waals surface area (Å²) in [4.78, 5) is 25.8. The van der Waals surface area contributed by atoms with Gasteiger partial charge in [0.25, 0.3) is 0 Å². The minimum atomic E-state index is -0.374. The van der Waals surface area contributed by atoms with Crippen molar-refractivity contribution in [3.63, 3.8) is 0 Å². The number of rotatable bonds is 3. The number of nitriles is 1. The summed E-state index contributed by atoms with van der Waals surface area (Å²) in [6.07, 6.45) is 1.95. The van der Waals surface area contributed by atoms with E-state index in [1.54, 1.807) is 29.2 Å². The van der Waals surface area contributed by atoms with Crippen LogP contribution in [0.25, 0.3) is 0 Å². The van der Waals surface area contributed by atoms with E-state index in [0.717, 1.165) is 25.9 Å². The third-order valence-electron chi connectivity index (χ3n) is 3.64. The van der Waals surface area contributed by atoms with E-state index in [4.69, 9.17) is 5.26 Å². The van der Waals surface area contributed by atoms with Gasteiger partial charge >= 0.3 is 0 Å². The smallest absolute Gasteiger partial charge is 0.233 e.